The van der Waals surface area contributed by atoms with Crippen LogP contribution >= 0.6 is 0 Å². The number of aryl methyl sites for hydroxylation is 1. The first-order valence-electron chi connectivity index (χ1n) is 7.46. The maximum atomic E-state index is 8.13. The second-order valence-corrected chi connectivity index (χ2v) is 5.52. The standard InChI is InChI=1S/C14H25N7/c1-3-4-11-9-14(19-18-11)17-12(15)10-13(16)21-7-5-20(2)6-8-21/h9,16H,3-8,10H2,1-2H3,(H3,15,17,18,19). The maximum Gasteiger partial charge on any atom is 0.175 e. The summed E-state index contributed by atoms with van der Waals surface area (Å²) in [6.07, 6.45) is 2.40. The molecule has 2 heterocycles. The average molecular weight is 291 g/mol. The Labute approximate surface area is 125 Å². The molecule has 0 bridgehead atoms. The molecule has 7 nitrogen and oxygen atoms in total. The van der Waals surface area contributed by atoms with Gasteiger partial charge in [0.05, 0.1) is 6.42 Å². The third-order valence-corrected chi connectivity index (χ3v) is 3.63. The van der Waals surface area contributed by atoms with Gasteiger partial charge >= 0.3 is 0 Å². The Morgan fingerprint density at radius 1 is 1.43 bits per heavy atom. The minimum atomic E-state index is 0.375. The van der Waals surface area contributed by atoms with Crippen LogP contribution in [-0.4, -0.2) is 64.9 Å². The summed E-state index contributed by atoms with van der Waals surface area (Å²) >= 11 is 0. The normalized spacial score (nSPS) is 17.2. The summed E-state index contributed by atoms with van der Waals surface area (Å²) in [4.78, 5) is 8.61. The quantitative estimate of drug-likeness (QED) is 0.556. The van der Waals surface area contributed by atoms with Crippen molar-refractivity contribution in [3.63, 3.8) is 0 Å². The molecule has 0 unspecified atom stereocenters. The van der Waals surface area contributed by atoms with E-state index in [0.29, 0.717) is 23.9 Å². The van der Waals surface area contributed by atoms with E-state index < -0.39 is 0 Å². The predicted octanol–water partition coefficient (Wildman–Crippen LogP) is 0.966. The van der Waals surface area contributed by atoms with Gasteiger partial charge in [-0.25, -0.2) is 4.99 Å². The Balaban J connectivity index is 1.88. The van der Waals surface area contributed by atoms with E-state index in [1.165, 1.54) is 0 Å². The Morgan fingerprint density at radius 2 is 2.14 bits per heavy atom. The molecule has 0 spiro atoms. The minimum absolute atomic E-state index is 0.375. The molecule has 0 aliphatic carbocycles. The first-order chi connectivity index (χ1) is 10.1. The molecule has 1 aromatic rings. The third-order valence-electron chi connectivity index (χ3n) is 3.63. The molecule has 2 rings (SSSR count). The van der Waals surface area contributed by atoms with Gasteiger partial charge in [-0.05, 0) is 13.5 Å². The van der Waals surface area contributed by atoms with E-state index >= 15 is 0 Å². The van der Waals surface area contributed by atoms with Crippen molar-refractivity contribution >= 4 is 17.5 Å². The highest BCUT2D eigenvalue weighted by Crippen LogP contribution is 2.11. The number of piperazine rings is 1. The molecule has 1 aliphatic heterocycles. The number of nitrogens with two attached hydrogens (primary N) is 1. The van der Waals surface area contributed by atoms with Gasteiger partial charge in [-0.15, -0.1) is 0 Å². The van der Waals surface area contributed by atoms with Crippen molar-refractivity contribution in [1.29, 1.82) is 5.41 Å². The Hall–Kier alpha value is -1.89. The number of likely N-dealkylation sites (N-methyl/N-ethyl adjacent to an activating group) is 1. The van der Waals surface area contributed by atoms with Crippen LogP contribution in [0.5, 0.6) is 0 Å². The Morgan fingerprint density at radius 3 is 2.81 bits per heavy atom. The van der Waals surface area contributed by atoms with Crippen molar-refractivity contribution in [2.24, 2.45) is 10.7 Å². The highest BCUT2D eigenvalue weighted by molar-refractivity contribution is 6.01. The zero-order chi connectivity index (χ0) is 15.2. The molecule has 1 aliphatic rings. The van der Waals surface area contributed by atoms with E-state index in [4.69, 9.17) is 11.1 Å². The number of amidine groups is 2. The fourth-order valence-corrected chi connectivity index (χ4v) is 2.35. The molecular weight excluding hydrogens is 266 g/mol. The van der Waals surface area contributed by atoms with Crippen molar-refractivity contribution in [2.45, 2.75) is 26.2 Å². The smallest absolute Gasteiger partial charge is 0.175 e. The summed E-state index contributed by atoms with van der Waals surface area (Å²) in [6, 6.07) is 1.91. The zero-order valence-corrected chi connectivity index (χ0v) is 12.9. The number of hydrogen-bond donors (Lipinski definition) is 3. The van der Waals surface area contributed by atoms with E-state index in [9.17, 15) is 0 Å². The largest absolute Gasteiger partial charge is 0.387 e. The van der Waals surface area contributed by atoms with Crippen LogP contribution in [0, 0.1) is 5.41 Å². The van der Waals surface area contributed by atoms with Gasteiger partial charge in [-0.3, -0.25) is 10.5 Å². The van der Waals surface area contributed by atoms with Gasteiger partial charge in [-0.1, -0.05) is 13.3 Å². The van der Waals surface area contributed by atoms with E-state index in [1.807, 2.05) is 6.07 Å². The number of aromatic nitrogens is 2. The van der Waals surface area contributed by atoms with Crippen molar-refractivity contribution in [1.82, 2.24) is 20.0 Å². The number of H-pyrrole nitrogens is 1. The van der Waals surface area contributed by atoms with Gasteiger partial charge in [0.2, 0.25) is 0 Å². The van der Waals surface area contributed by atoms with E-state index in [2.05, 4.69) is 39.0 Å². The lowest BCUT2D eigenvalue weighted by atomic mass is 10.2. The van der Waals surface area contributed by atoms with Crippen molar-refractivity contribution in [3.05, 3.63) is 11.8 Å². The number of aliphatic imine (C=N–C) groups is 1. The van der Waals surface area contributed by atoms with E-state index in [1.54, 1.807) is 0 Å². The molecule has 0 radical (unpaired) electrons. The Bertz CT molecular complexity index is 497. The summed E-state index contributed by atoms with van der Waals surface area (Å²) in [6.45, 7) is 5.85. The maximum absolute atomic E-state index is 8.13. The van der Waals surface area contributed by atoms with Crippen LogP contribution < -0.4 is 5.73 Å². The summed E-state index contributed by atoms with van der Waals surface area (Å²) in [5.74, 6) is 1.57. The molecule has 1 fully saturated rings. The predicted molar refractivity (Wildman–Crippen MR) is 85.3 cm³/mol. The molecule has 1 aromatic heterocycles. The first-order valence-corrected chi connectivity index (χ1v) is 7.46. The van der Waals surface area contributed by atoms with Crippen LogP contribution in [0.4, 0.5) is 5.82 Å². The number of nitrogens with one attached hydrogen (secondary N) is 2. The number of rotatable bonds is 5. The van der Waals surface area contributed by atoms with Gasteiger partial charge in [0.1, 0.15) is 11.7 Å². The lowest BCUT2D eigenvalue weighted by Crippen LogP contribution is -2.47. The van der Waals surface area contributed by atoms with Crippen molar-refractivity contribution in [2.75, 3.05) is 33.2 Å². The van der Waals surface area contributed by atoms with Gasteiger partial charge in [-0.2, -0.15) is 5.10 Å². The van der Waals surface area contributed by atoms with Crippen LogP contribution in [0.2, 0.25) is 0 Å². The molecule has 0 aromatic carbocycles. The van der Waals surface area contributed by atoms with E-state index in [0.717, 1.165) is 44.7 Å². The van der Waals surface area contributed by atoms with Gasteiger partial charge in [0.15, 0.2) is 5.82 Å². The van der Waals surface area contributed by atoms with Crippen LogP contribution in [0.1, 0.15) is 25.5 Å². The molecule has 21 heavy (non-hydrogen) atoms. The molecule has 0 atom stereocenters. The van der Waals surface area contributed by atoms with Crippen LogP contribution in [0.3, 0.4) is 0 Å². The zero-order valence-electron chi connectivity index (χ0n) is 12.9. The summed E-state index contributed by atoms with van der Waals surface area (Å²) in [7, 11) is 2.10. The second kappa shape index (κ2) is 7.21. The Kier molecular flexibility index (Phi) is 5.32. The lowest BCUT2D eigenvalue weighted by molar-refractivity contribution is 0.213. The molecule has 4 N–H and O–H groups in total. The fraction of sp³-hybridized carbons (Fsp3) is 0.643. The highest BCUT2D eigenvalue weighted by atomic mass is 15.3. The molecule has 116 valence electrons. The number of hydrogen-bond acceptors (Lipinski definition) is 4. The summed E-state index contributed by atoms with van der Waals surface area (Å²) in [5.41, 5.74) is 7.01. The molecule has 0 saturated carbocycles. The lowest BCUT2D eigenvalue weighted by Gasteiger charge is -2.34. The first kappa shape index (κ1) is 15.5. The molecule has 7 heteroatoms. The van der Waals surface area contributed by atoms with Crippen LogP contribution in [0.15, 0.2) is 11.1 Å². The molecule has 1 saturated heterocycles. The fourth-order valence-electron chi connectivity index (χ4n) is 2.35. The minimum Gasteiger partial charge on any atom is -0.387 e. The van der Waals surface area contributed by atoms with Crippen molar-refractivity contribution in [3.8, 4) is 0 Å². The summed E-state index contributed by atoms with van der Waals surface area (Å²) < 4.78 is 0. The number of nitrogens with zero attached hydrogens (tertiary/aromatic N) is 4. The monoisotopic (exact) mass is 291 g/mol. The third kappa shape index (κ3) is 4.56. The van der Waals surface area contributed by atoms with Gasteiger partial charge in [0, 0.05) is 37.9 Å². The second-order valence-electron chi connectivity index (χ2n) is 5.52. The van der Waals surface area contributed by atoms with Crippen molar-refractivity contribution < 1.29 is 0 Å². The van der Waals surface area contributed by atoms with Gasteiger partial charge in [0.25, 0.3) is 0 Å². The SMILES string of the molecule is CCCc1cc(N=C(N)CC(=N)N2CCN(C)CC2)n[nH]1. The summed E-state index contributed by atoms with van der Waals surface area (Å²) in [5, 5.41) is 15.2. The molecular formula is C14H25N7. The topological polar surface area (TPSA) is 97.4 Å². The molecule has 0 amide bonds. The van der Waals surface area contributed by atoms with Gasteiger partial charge < -0.3 is 15.5 Å². The average Bonchev–Trinajstić information content (AvgIpc) is 2.87. The highest BCUT2D eigenvalue weighted by Gasteiger charge is 2.17. The van der Waals surface area contributed by atoms with Crippen LogP contribution in [-0.2, 0) is 6.42 Å². The van der Waals surface area contributed by atoms with Crippen LogP contribution in [0.25, 0.3) is 0 Å². The number of aromatic amines is 1. The van der Waals surface area contributed by atoms with E-state index in [-0.39, 0.29) is 0 Å².